The van der Waals surface area contributed by atoms with E-state index in [1.165, 1.54) is 302 Å². The van der Waals surface area contributed by atoms with E-state index in [-0.39, 0.29) is 19.1 Å². The van der Waals surface area contributed by atoms with Gasteiger partial charge in [0.1, 0.15) is 13.2 Å². The summed E-state index contributed by atoms with van der Waals surface area (Å²) in [5, 5.41) is 14.2. The van der Waals surface area contributed by atoms with E-state index in [2.05, 4.69) is 67.8 Å². The van der Waals surface area contributed by atoms with E-state index in [9.17, 15) is 19.4 Å². The fourth-order valence-electron chi connectivity index (χ4n) is 11.9. The third-order valence-electron chi connectivity index (χ3n) is 17.8. The zero-order chi connectivity index (χ0) is 63.4. The highest BCUT2D eigenvalue weighted by Crippen LogP contribution is 2.43. The van der Waals surface area contributed by atoms with Crippen molar-refractivity contribution in [1.82, 2.24) is 5.32 Å². The van der Waals surface area contributed by atoms with Crippen LogP contribution in [0.5, 0.6) is 0 Å². The largest absolute Gasteiger partial charge is 0.472 e. The van der Waals surface area contributed by atoms with Gasteiger partial charge in [0.2, 0.25) is 5.91 Å². The van der Waals surface area contributed by atoms with Crippen LogP contribution in [0.2, 0.25) is 0 Å². The van der Waals surface area contributed by atoms with Crippen molar-refractivity contribution in [3.05, 3.63) is 48.6 Å². The van der Waals surface area contributed by atoms with Crippen molar-refractivity contribution in [2.24, 2.45) is 0 Å². The van der Waals surface area contributed by atoms with Crippen LogP contribution in [0.15, 0.2) is 48.6 Å². The SMILES string of the molecule is CC/C=C\C/C=C\C/C=C\C/C=C\CCCCCCCCCCCCCCCCCCCCCCC(=O)NC(COP(=O)(O)OCC[N+](C)(C)C)C(O)CCCCCCCCCCCCCCCCCCCCCCCCCCCCCCCCCC. The molecule has 9 heteroatoms. The van der Waals surface area contributed by atoms with Crippen LogP contribution in [0.1, 0.15) is 393 Å². The van der Waals surface area contributed by atoms with E-state index in [0.717, 1.165) is 64.2 Å². The predicted molar refractivity (Wildman–Crippen MR) is 383 cm³/mol. The van der Waals surface area contributed by atoms with E-state index in [4.69, 9.17) is 9.05 Å². The highest BCUT2D eigenvalue weighted by Gasteiger charge is 2.28. The number of carbonyl (C=O) groups is 1. The van der Waals surface area contributed by atoms with Gasteiger partial charge < -0.3 is 19.8 Å². The number of carbonyl (C=O) groups excluding carboxylic acids is 1. The fourth-order valence-corrected chi connectivity index (χ4v) is 12.7. The van der Waals surface area contributed by atoms with Crippen LogP contribution in [0, 0.1) is 0 Å². The molecule has 3 N–H and O–H groups in total. The summed E-state index contributed by atoms with van der Waals surface area (Å²) < 4.78 is 24.0. The van der Waals surface area contributed by atoms with Gasteiger partial charge >= 0.3 is 7.82 Å². The lowest BCUT2D eigenvalue weighted by Crippen LogP contribution is -2.46. The molecule has 3 atom stereocenters. The Balaban J connectivity index is 3.94. The molecule has 0 aliphatic carbocycles. The van der Waals surface area contributed by atoms with E-state index in [0.29, 0.717) is 23.9 Å². The first kappa shape index (κ1) is 85.5. The Labute approximate surface area is 543 Å². The molecule has 0 saturated heterocycles. The summed E-state index contributed by atoms with van der Waals surface area (Å²) in [6.45, 7) is 4.84. The Morgan fingerprint density at radius 2 is 0.690 bits per heavy atom. The average molecular weight is 1250 g/mol. The lowest BCUT2D eigenvalue weighted by atomic mass is 10.0. The molecule has 0 saturated carbocycles. The van der Waals surface area contributed by atoms with E-state index >= 15 is 0 Å². The summed E-state index contributed by atoms with van der Waals surface area (Å²) in [5.74, 6) is -0.136. The lowest BCUT2D eigenvalue weighted by Gasteiger charge is -2.26. The molecule has 0 spiro atoms. The van der Waals surface area contributed by atoms with Gasteiger partial charge in [-0.2, -0.15) is 0 Å². The van der Waals surface area contributed by atoms with Gasteiger partial charge in [0.05, 0.1) is 39.9 Å². The number of amides is 1. The maximum Gasteiger partial charge on any atom is 0.472 e. The monoisotopic (exact) mass is 1240 g/mol. The second-order valence-electron chi connectivity index (χ2n) is 27.7. The minimum absolute atomic E-state index is 0.0765. The van der Waals surface area contributed by atoms with Gasteiger partial charge in [0, 0.05) is 6.42 Å². The number of aliphatic hydroxyl groups is 1. The number of hydrogen-bond donors (Lipinski definition) is 3. The number of likely N-dealkylation sites (N-methyl/N-ethyl adjacent to an activating group) is 1. The average Bonchev–Trinajstić information content (AvgIpc) is 3.71. The summed E-state index contributed by atoms with van der Waals surface area (Å²) in [5.41, 5.74) is 0. The fraction of sp³-hybridized carbons (Fsp3) is 0.885. The van der Waals surface area contributed by atoms with E-state index in [1.54, 1.807) is 0 Å². The molecule has 0 fully saturated rings. The maximum absolute atomic E-state index is 13.1. The molecule has 8 nitrogen and oxygen atoms in total. The van der Waals surface area contributed by atoms with E-state index < -0.39 is 20.0 Å². The first-order valence-corrected chi connectivity index (χ1v) is 40.0. The molecule has 0 rings (SSSR count). The molecule has 0 radical (unpaired) electrons. The Hall–Kier alpha value is -1.54. The molecule has 0 aliphatic rings. The number of phosphoric ester groups is 1. The molecule has 87 heavy (non-hydrogen) atoms. The van der Waals surface area contributed by atoms with Crippen LogP contribution in [-0.2, 0) is 18.4 Å². The summed E-state index contributed by atoms with van der Waals surface area (Å²) >= 11 is 0. The van der Waals surface area contributed by atoms with Crippen LogP contribution in [0.25, 0.3) is 0 Å². The molecular formula is C78H152N2O6P+. The van der Waals surface area contributed by atoms with Crippen molar-refractivity contribution in [1.29, 1.82) is 0 Å². The summed E-state index contributed by atoms with van der Waals surface area (Å²) in [6.07, 6.45) is 93.9. The van der Waals surface area contributed by atoms with E-state index in [1.807, 2.05) is 21.1 Å². The van der Waals surface area contributed by atoms with Crippen molar-refractivity contribution in [2.45, 2.75) is 405 Å². The Morgan fingerprint density at radius 1 is 0.402 bits per heavy atom. The van der Waals surface area contributed by atoms with Crippen LogP contribution < -0.4 is 5.32 Å². The number of unbranched alkanes of at least 4 members (excludes halogenated alkanes) is 51. The summed E-state index contributed by atoms with van der Waals surface area (Å²) in [7, 11) is 1.63. The molecule has 1 amide bonds. The predicted octanol–water partition coefficient (Wildman–Crippen LogP) is 25.0. The first-order chi connectivity index (χ1) is 42.5. The van der Waals surface area contributed by atoms with Crippen LogP contribution in [0.3, 0.4) is 0 Å². The van der Waals surface area contributed by atoms with Gasteiger partial charge in [0.25, 0.3) is 0 Å². The summed E-state index contributed by atoms with van der Waals surface area (Å²) in [6, 6.07) is -0.762. The van der Waals surface area contributed by atoms with Crippen molar-refractivity contribution in [2.75, 3.05) is 40.9 Å². The molecule has 0 aromatic rings. The third kappa shape index (κ3) is 71.8. The minimum Gasteiger partial charge on any atom is -0.391 e. The zero-order valence-electron chi connectivity index (χ0n) is 59.0. The van der Waals surface area contributed by atoms with Gasteiger partial charge in [-0.15, -0.1) is 0 Å². The van der Waals surface area contributed by atoms with Crippen LogP contribution in [0.4, 0.5) is 0 Å². The van der Waals surface area contributed by atoms with Gasteiger partial charge in [-0.05, 0) is 51.4 Å². The standard InChI is InChI=1S/C78H151N2O6P/c1-6-8-10-12-14-16-18-20-22-24-26-28-30-32-34-36-38-40-42-44-46-48-50-52-54-56-58-60-62-64-66-68-70-72-78(82)79-76(75-86-87(83,84)85-74-73-80(3,4)5)77(81)71-69-67-65-63-61-59-57-55-53-51-49-47-45-43-41-39-37-35-33-31-29-27-25-23-21-19-17-15-13-11-9-7-2/h8,10,14,16,20,22,26,28,76-77,81H,6-7,9,11-13,15,17-19,21,23-25,27,29-75H2,1-5H3,(H-,79,82,83,84)/p+1/b10-8-,16-14-,22-20-,28-26-. The van der Waals surface area contributed by atoms with Crippen LogP contribution >= 0.6 is 7.82 Å². The number of quaternary nitrogens is 1. The number of aliphatic hydroxyl groups excluding tert-OH is 1. The maximum atomic E-state index is 13.1. The number of hydrogen-bond acceptors (Lipinski definition) is 5. The zero-order valence-corrected chi connectivity index (χ0v) is 59.9. The minimum atomic E-state index is -4.33. The number of allylic oxidation sites excluding steroid dienone is 8. The second-order valence-corrected chi connectivity index (χ2v) is 29.2. The molecule has 0 aliphatic heterocycles. The quantitative estimate of drug-likeness (QED) is 0.0243. The third-order valence-corrected chi connectivity index (χ3v) is 18.8. The number of nitrogens with one attached hydrogen (secondary N) is 1. The molecule has 514 valence electrons. The second kappa shape index (κ2) is 68.8. The summed E-state index contributed by atoms with van der Waals surface area (Å²) in [4.78, 5) is 23.5. The van der Waals surface area contributed by atoms with Gasteiger partial charge in [0.15, 0.2) is 0 Å². The normalized spacial score (nSPS) is 13.8. The Kier molecular flexibility index (Phi) is 67.6. The first-order valence-electron chi connectivity index (χ1n) is 38.5. The van der Waals surface area contributed by atoms with Crippen molar-refractivity contribution < 1.29 is 32.9 Å². The van der Waals surface area contributed by atoms with Gasteiger partial charge in [-0.3, -0.25) is 13.8 Å². The Bertz CT molecular complexity index is 1560. The lowest BCUT2D eigenvalue weighted by molar-refractivity contribution is -0.870. The molecule has 0 heterocycles. The number of phosphoric acid groups is 1. The molecule has 3 unspecified atom stereocenters. The van der Waals surface area contributed by atoms with Crippen LogP contribution in [-0.4, -0.2) is 73.4 Å². The molecular weight excluding hydrogens is 1090 g/mol. The molecule has 0 bridgehead atoms. The molecule has 0 aromatic carbocycles. The highest BCUT2D eigenvalue weighted by molar-refractivity contribution is 7.47. The van der Waals surface area contributed by atoms with Crippen molar-refractivity contribution in [3.8, 4) is 0 Å². The van der Waals surface area contributed by atoms with Gasteiger partial charge in [-0.1, -0.05) is 383 Å². The Morgan fingerprint density at radius 3 is 1.01 bits per heavy atom. The highest BCUT2D eigenvalue weighted by atomic mass is 31.2. The molecule has 0 aromatic heterocycles. The topological polar surface area (TPSA) is 105 Å². The number of rotatable bonds is 72. The van der Waals surface area contributed by atoms with Gasteiger partial charge in [-0.25, -0.2) is 4.57 Å². The number of nitrogens with zero attached hydrogens (tertiary/aromatic N) is 1. The smallest absolute Gasteiger partial charge is 0.391 e. The van der Waals surface area contributed by atoms with Crippen molar-refractivity contribution >= 4 is 13.7 Å². The van der Waals surface area contributed by atoms with Crippen molar-refractivity contribution in [3.63, 3.8) is 0 Å².